The maximum absolute atomic E-state index is 13.3. The summed E-state index contributed by atoms with van der Waals surface area (Å²) in [6.07, 6.45) is -1.50. The topological polar surface area (TPSA) is 73.4 Å². The molecule has 1 amide bonds. The predicted molar refractivity (Wildman–Crippen MR) is 117 cm³/mol. The minimum atomic E-state index is -4.49. The highest BCUT2D eigenvalue weighted by atomic mass is 19.4. The summed E-state index contributed by atoms with van der Waals surface area (Å²) in [6.45, 7) is 0.917. The Kier molecular flexibility index (Phi) is 5.51. The van der Waals surface area contributed by atoms with E-state index in [1.807, 2.05) is 24.3 Å². The highest BCUT2D eigenvalue weighted by Crippen LogP contribution is 2.32. The molecule has 5 rings (SSSR count). The number of halogens is 3. The van der Waals surface area contributed by atoms with Crippen molar-refractivity contribution in [2.75, 3.05) is 20.2 Å². The number of hydrogen-bond acceptors (Lipinski definition) is 5. The summed E-state index contributed by atoms with van der Waals surface area (Å²) in [6, 6.07) is 12.2. The number of oxazole rings is 1. The molecule has 0 N–H and O–H groups in total. The van der Waals surface area contributed by atoms with E-state index >= 15 is 0 Å². The van der Waals surface area contributed by atoms with Gasteiger partial charge in [-0.2, -0.15) is 18.3 Å². The molecule has 176 valence electrons. The van der Waals surface area contributed by atoms with Crippen LogP contribution in [0.15, 0.2) is 59.1 Å². The van der Waals surface area contributed by atoms with Gasteiger partial charge in [-0.05, 0) is 43.2 Å². The summed E-state index contributed by atoms with van der Waals surface area (Å²) in [4.78, 5) is 19.6. The quantitative estimate of drug-likeness (QED) is 0.417. The van der Waals surface area contributed by atoms with Crippen molar-refractivity contribution in [3.63, 3.8) is 0 Å². The fourth-order valence-corrected chi connectivity index (χ4v) is 4.19. The van der Waals surface area contributed by atoms with Gasteiger partial charge in [-0.15, -0.1) is 0 Å². The first-order chi connectivity index (χ1) is 16.3. The van der Waals surface area contributed by atoms with Crippen LogP contribution in [0.2, 0.25) is 0 Å². The molecule has 0 radical (unpaired) electrons. The minimum absolute atomic E-state index is 0.0399. The van der Waals surface area contributed by atoms with Crippen molar-refractivity contribution in [1.82, 2.24) is 19.7 Å². The molecular formula is C24H21F3N4O3. The number of nitrogens with zero attached hydrogens (tertiary/aromatic N) is 4. The number of benzene rings is 2. The molecule has 4 aromatic rings. The van der Waals surface area contributed by atoms with Gasteiger partial charge in [-0.25, -0.2) is 9.67 Å². The highest BCUT2D eigenvalue weighted by Gasteiger charge is 2.33. The van der Waals surface area contributed by atoms with Crippen molar-refractivity contribution in [2.45, 2.75) is 24.9 Å². The average Bonchev–Trinajstić information content (AvgIpc) is 3.48. The number of para-hydroxylation sites is 2. The zero-order valence-electron chi connectivity index (χ0n) is 18.2. The van der Waals surface area contributed by atoms with E-state index in [1.165, 1.54) is 30.1 Å². The molecule has 2 aromatic carbocycles. The van der Waals surface area contributed by atoms with Crippen LogP contribution in [0, 0.1) is 0 Å². The van der Waals surface area contributed by atoms with Gasteiger partial charge in [0.2, 0.25) is 0 Å². The molecule has 0 spiro atoms. The van der Waals surface area contributed by atoms with Crippen molar-refractivity contribution >= 4 is 17.0 Å². The van der Waals surface area contributed by atoms with Gasteiger partial charge in [0, 0.05) is 13.1 Å². The first-order valence-electron chi connectivity index (χ1n) is 10.8. The van der Waals surface area contributed by atoms with Crippen LogP contribution in [0.3, 0.4) is 0 Å². The Morgan fingerprint density at radius 3 is 2.76 bits per heavy atom. The van der Waals surface area contributed by atoms with E-state index in [2.05, 4.69) is 10.1 Å². The molecule has 1 fully saturated rings. The second-order valence-electron chi connectivity index (χ2n) is 8.15. The van der Waals surface area contributed by atoms with Crippen LogP contribution >= 0.6 is 0 Å². The summed E-state index contributed by atoms with van der Waals surface area (Å²) < 4.78 is 51.8. The number of aromatic nitrogens is 3. The Labute approximate surface area is 192 Å². The molecule has 10 heteroatoms. The molecule has 1 aliphatic rings. The molecule has 0 bridgehead atoms. The summed E-state index contributed by atoms with van der Waals surface area (Å²) in [7, 11) is 1.39. The van der Waals surface area contributed by atoms with Crippen molar-refractivity contribution in [3.8, 4) is 11.4 Å². The van der Waals surface area contributed by atoms with Gasteiger partial charge in [-0.3, -0.25) is 4.79 Å². The molecule has 0 aliphatic carbocycles. The van der Waals surface area contributed by atoms with E-state index in [0.717, 1.165) is 30.5 Å². The van der Waals surface area contributed by atoms with E-state index in [0.29, 0.717) is 24.6 Å². The third-order valence-corrected chi connectivity index (χ3v) is 5.91. The van der Waals surface area contributed by atoms with Gasteiger partial charge in [0.1, 0.15) is 5.52 Å². The number of methoxy groups -OCH3 is 1. The van der Waals surface area contributed by atoms with Crippen molar-refractivity contribution in [3.05, 3.63) is 71.9 Å². The molecule has 7 nitrogen and oxygen atoms in total. The SMILES string of the molecule is COc1cn(-c2cccc(C(F)(F)F)c2)nc1C(=O)N1CCC[C@H](c2nc3ccccc3o2)C1. The normalized spacial score (nSPS) is 16.7. The Balaban J connectivity index is 1.40. The van der Waals surface area contributed by atoms with Gasteiger partial charge in [0.25, 0.3) is 5.91 Å². The van der Waals surface area contributed by atoms with E-state index < -0.39 is 11.7 Å². The average molecular weight is 470 g/mol. The largest absolute Gasteiger partial charge is 0.493 e. The maximum atomic E-state index is 13.3. The molecule has 34 heavy (non-hydrogen) atoms. The smallest absolute Gasteiger partial charge is 0.416 e. The number of carbonyl (C=O) groups is 1. The lowest BCUT2D eigenvalue weighted by molar-refractivity contribution is -0.137. The third kappa shape index (κ3) is 4.11. The van der Waals surface area contributed by atoms with Gasteiger partial charge < -0.3 is 14.1 Å². The zero-order valence-corrected chi connectivity index (χ0v) is 18.2. The third-order valence-electron chi connectivity index (χ3n) is 5.91. The first kappa shape index (κ1) is 22.0. The molecular weight excluding hydrogens is 449 g/mol. The number of rotatable bonds is 4. The Morgan fingerprint density at radius 1 is 1.18 bits per heavy atom. The van der Waals surface area contributed by atoms with E-state index in [9.17, 15) is 18.0 Å². The molecule has 3 heterocycles. The molecule has 1 aliphatic heterocycles. The number of alkyl halides is 3. The number of fused-ring (bicyclic) bond motifs is 1. The summed E-state index contributed by atoms with van der Waals surface area (Å²) >= 11 is 0. The summed E-state index contributed by atoms with van der Waals surface area (Å²) in [5.41, 5.74) is 0.878. The fraction of sp³-hybridized carbons (Fsp3) is 0.292. The highest BCUT2D eigenvalue weighted by molar-refractivity contribution is 5.95. The number of carbonyl (C=O) groups excluding carboxylic acids is 1. The van der Waals surface area contributed by atoms with Gasteiger partial charge in [0.15, 0.2) is 22.9 Å². The number of amides is 1. The Morgan fingerprint density at radius 2 is 2.00 bits per heavy atom. The van der Waals surface area contributed by atoms with Gasteiger partial charge in [0.05, 0.1) is 30.5 Å². The zero-order chi connectivity index (χ0) is 23.9. The molecule has 1 saturated heterocycles. The summed E-state index contributed by atoms with van der Waals surface area (Å²) in [5, 5.41) is 4.28. The predicted octanol–water partition coefficient (Wildman–Crippen LogP) is 5.06. The lowest BCUT2D eigenvalue weighted by Crippen LogP contribution is -2.39. The van der Waals surface area contributed by atoms with Crippen LogP contribution in [-0.4, -0.2) is 45.8 Å². The summed E-state index contributed by atoms with van der Waals surface area (Å²) in [5.74, 6) is 0.344. The first-order valence-corrected chi connectivity index (χ1v) is 10.8. The standard InChI is InChI=1S/C24H21F3N4O3/c1-33-20-14-31(17-8-4-7-16(12-17)24(25,26)27)29-21(20)23(32)30-11-5-6-15(13-30)22-28-18-9-2-3-10-19(18)34-22/h2-4,7-10,12,14-15H,5-6,11,13H2,1H3/t15-/m0/s1. The minimum Gasteiger partial charge on any atom is -0.493 e. The monoisotopic (exact) mass is 470 g/mol. The van der Waals surface area contributed by atoms with E-state index in [-0.39, 0.29) is 29.0 Å². The fourth-order valence-electron chi connectivity index (χ4n) is 4.19. The Bertz CT molecular complexity index is 1310. The number of hydrogen-bond donors (Lipinski definition) is 0. The van der Waals surface area contributed by atoms with Crippen LogP contribution in [0.4, 0.5) is 13.2 Å². The van der Waals surface area contributed by atoms with Gasteiger partial charge >= 0.3 is 6.18 Å². The van der Waals surface area contributed by atoms with Crippen LogP contribution < -0.4 is 4.74 Å². The maximum Gasteiger partial charge on any atom is 0.416 e. The van der Waals surface area contributed by atoms with Crippen LogP contribution in [0.5, 0.6) is 5.75 Å². The van der Waals surface area contributed by atoms with Crippen LogP contribution in [-0.2, 0) is 6.18 Å². The van der Waals surface area contributed by atoms with E-state index in [1.54, 1.807) is 4.90 Å². The van der Waals surface area contributed by atoms with Crippen LogP contribution in [0.1, 0.15) is 40.7 Å². The molecule has 2 aromatic heterocycles. The number of likely N-dealkylation sites (tertiary alicyclic amines) is 1. The van der Waals surface area contributed by atoms with Gasteiger partial charge in [-0.1, -0.05) is 18.2 Å². The van der Waals surface area contributed by atoms with Crippen molar-refractivity contribution in [2.24, 2.45) is 0 Å². The van der Waals surface area contributed by atoms with E-state index in [4.69, 9.17) is 9.15 Å². The van der Waals surface area contributed by atoms with Crippen molar-refractivity contribution < 1.29 is 27.1 Å². The second-order valence-corrected chi connectivity index (χ2v) is 8.15. The lowest BCUT2D eigenvalue weighted by atomic mass is 9.97. The lowest BCUT2D eigenvalue weighted by Gasteiger charge is -2.30. The number of ether oxygens (including phenoxy) is 1. The Hall–Kier alpha value is -3.82. The van der Waals surface area contributed by atoms with Crippen LogP contribution in [0.25, 0.3) is 16.8 Å². The molecule has 0 unspecified atom stereocenters. The number of piperidine rings is 1. The second kappa shape index (κ2) is 8.51. The molecule has 1 atom stereocenters. The van der Waals surface area contributed by atoms with Crippen molar-refractivity contribution in [1.29, 1.82) is 0 Å². The molecule has 0 saturated carbocycles.